The van der Waals surface area contributed by atoms with Gasteiger partial charge >= 0.3 is 0 Å². The fourth-order valence-corrected chi connectivity index (χ4v) is 5.05. The molecular formula is C27H25N3O6S. The number of amidine groups is 1. The number of anilines is 1. The number of para-hydroxylation sites is 2. The topological polar surface area (TPSA) is 98.7 Å². The molecule has 1 N–H and O–H groups in total. The Labute approximate surface area is 218 Å². The lowest BCUT2D eigenvalue weighted by Gasteiger charge is -2.32. The van der Waals surface area contributed by atoms with Crippen LogP contribution in [0.2, 0.25) is 0 Å². The van der Waals surface area contributed by atoms with Crippen LogP contribution in [0.25, 0.3) is 0 Å². The Balaban J connectivity index is 1.41. The molecule has 0 spiro atoms. The van der Waals surface area contributed by atoms with E-state index < -0.39 is 5.25 Å². The van der Waals surface area contributed by atoms with Crippen molar-refractivity contribution in [3.05, 3.63) is 72.3 Å². The molecule has 0 aliphatic carbocycles. The van der Waals surface area contributed by atoms with E-state index in [4.69, 9.17) is 23.9 Å². The minimum Gasteiger partial charge on any atom is -0.497 e. The summed E-state index contributed by atoms with van der Waals surface area (Å²) in [4.78, 5) is 32.9. The maximum absolute atomic E-state index is 13.4. The smallest absolute Gasteiger partial charge is 0.238 e. The van der Waals surface area contributed by atoms with Gasteiger partial charge < -0.3 is 24.3 Å². The van der Waals surface area contributed by atoms with Gasteiger partial charge in [-0.1, -0.05) is 30.0 Å². The maximum atomic E-state index is 13.4. The van der Waals surface area contributed by atoms with Gasteiger partial charge in [0.25, 0.3) is 0 Å². The van der Waals surface area contributed by atoms with Crippen LogP contribution in [0.5, 0.6) is 23.0 Å². The summed E-state index contributed by atoms with van der Waals surface area (Å²) in [6, 6.07) is 19.9. The summed E-state index contributed by atoms with van der Waals surface area (Å²) in [6.07, 6.45) is 0.0256. The van der Waals surface area contributed by atoms with E-state index in [1.165, 1.54) is 18.9 Å². The Morgan fingerprint density at radius 3 is 2.62 bits per heavy atom. The number of nitrogens with one attached hydrogen (secondary N) is 1. The van der Waals surface area contributed by atoms with Crippen LogP contribution in [0.15, 0.2) is 71.7 Å². The molecule has 0 aromatic heterocycles. The number of ether oxygens (including phenoxy) is 4. The standard InChI is InChI=1S/C27H25N3O6S/c1-33-19-10-8-18(9-11-19)28-27-30(15-17-7-12-22-23(13-17)36-16-35-22)25(31)14-24(37-27)26(32)29-20-5-3-4-6-21(20)34-2/h3-13,24H,14-16H2,1-2H3,(H,29,32)/t24-/m1/s1. The van der Waals surface area contributed by atoms with Gasteiger partial charge in [-0.05, 0) is 54.1 Å². The molecular weight excluding hydrogens is 494 g/mol. The highest BCUT2D eigenvalue weighted by atomic mass is 32.2. The van der Waals surface area contributed by atoms with Gasteiger partial charge in [0.15, 0.2) is 16.7 Å². The molecule has 3 aromatic rings. The van der Waals surface area contributed by atoms with E-state index in [-0.39, 0.29) is 31.6 Å². The molecule has 5 rings (SSSR count). The Hall–Kier alpha value is -4.18. The van der Waals surface area contributed by atoms with Gasteiger partial charge in [-0.3, -0.25) is 14.5 Å². The zero-order valence-corrected chi connectivity index (χ0v) is 21.1. The molecule has 1 saturated heterocycles. The van der Waals surface area contributed by atoms with Crippen molar-refractivity contribution >= 4 is 40.1 Å². The molecule has 2 aliphatic heterocycles. The molecule has 10 heteroatoms. The second-order valence-corrected chi connectivity index (χ2v) is 9.43. The Morgan fingerprint density at radius 1 is 1.05 bits per heavy atom. The second-order valence-electron chi connectivity index (χ2n) is 8.26. The van der Waals surface area contributed by atoms with E-state index in [0.29, 0.717) is 39.5 Å². The summed E-state index contributed by atoms with van der Waals surface area (Å²) < 4.78 is 21.5. The van der Waals surface area contributed by atoms with Crippen molar-refractivity contribution in [1.82, 2.24) is 4.90 Å². The SMILES string of the molecule is COc1ccc(N=C2S[C@@H](C(=O)Nc3ccccc3OC)CC(=O)N2Cc2ccc3c(c2)OCO3)cc1. The van der Waals surface area contributed by atoms with Crippen LogP contribution in [0.3, 0.4) is 0 Å². The summed E-state index contributed by atoms with van der Waals surface area (Å²) >= 11 is 1.25. The van der Waals surface area contributed by atoms with Crippen LogP contribution < -0.4 is 24.3 Å². The number of hydrogen-bond donors (Lipinski definition) is 1. The highest BCUT2D eigenvalue weighted by Crippen LogP contribution is 2.35. The lowest BCUT2D eigenvalue weighted by molar-refractivity contribution is -0.129. The van der Waals surface area contributed by atoms with Crippen LogP contribution in [0.4, 0.5) is 11.4 Å². The maximum Gasteiger partial charge on any atom is 0.238 e. The monoisotopic (exact) mass is 519 g/mol. The fourth-order valence-electron chi connectivity index (χ4n) is 3.95. The molecule has 190 valence electrons. The van der Waals surface area contributed by atoms with Crippen molar-refractivity contribution in [3.8, 4) is 23.0 Å². The third-order valence-corrected chi connectivity index (χ3v) is 7.06. The van der Waals surface area contributed by atoms with Crippen molar-refractivity contribution in [2.75, 3.05) is 26.3 Å². The van der Waals surface area contributed by atoms with Crippen LogP contribution in [-0.2, 0) is 16.1 Å². The fraction of sp³-hybridized carbons (Fsp3) is 0.222. The van der Waals surface area contributed by atoms with Crippen molar-refractivity contribution in [3.63, 3.8) is 0 Å². The normalized spacial score (nSPS) is 17.6. The number of nitrogens with zero attached hydrogens (tertiary/aromatic N) is 2. The molecule has 3 aromatic carbocycles. The van der Waals surface area contributed by atoms with E-state index in [2.05, 4.69) is 5.32 Å². The zero-order chi connectivity index (χ0) is 25.8. The van der Waals surface area contributed by atoms with Crippen molar-refractivity contribution in [2.45, 2.75) is 18.2 Å². The van der Waals surface area contributed by atoms with E-state index in [9.17, 15) is 9.59 Å². The van der Waals surface area contributed by atoms with Crippen molar-refractivity contribution < 1.29 is 28.5 Å². The average Bonchev–Trinajstić information content (AvgIpc) is 3.39. The van der Waals surface area contributed by atoms with E-state index in [1.54, 1.807) is 54.5 Å². The number of aliphatic imine (C=N–C) groups is 1. The van der Waals surface area contributed by atoms with Crippen LogP contribution in [0, 0.1) is 0 Å². The first-order valence-electron chi connectivity index (χ1n) is 11.6. The summed E-state index contributed by atoms with van der Waals surface area (Å²) in [7, 11) is 3.13. The predicted molar refractivity (Wildman–Crippen MR) is 141 cm³/mol. The first-order valence-corrected chi connectivity index (χ1v) is 12.4. The van der Waals surface area contributed by atoms with E-state index in [0.717, 1.165) is 5.56 Å². The minimum atomic E-state index is -0.664. The van der Waals surface area contributed by atoms with Gasteiger partial charge in [0, 0.05) is 6.42 Å². The van der Waals surface area contributed by atoms with Crippen LogP contribution in [0.1, 0.15) is 12.0 Å². The molecule has 1 atom stereocenters. The molecule has 0 bridgehead atoms. The number of fused-ring (bicyclic) bond motifs is 1. The first kappa shape index (κ1) is 24.5. The van der Waals surface area contributed by atoms with Gasteiger partial charge in [-0.15, -0.1) is 0 Å². The largest absolute Gasteiger partial charge is 0.497 e. The molecule has 37 heavy (non-hydrogen) atoms. The lowest BCUT2D eigenvalue weighted by atomic mass is 10.1. The Bertz CT molecular complexity index is 1340. The van der Waals surface area contributed by atoms with Crippen molar-refractivity contribution in [1.29, 1.82) is 0 Å². The lowest BCUT2D eigenvalue weighted by Crippen LogP contribution is -2.44. The number of benzene rings is 3. The number of carbonyl (C=O) groups is 2. The Morgan fingerprint density at radius 2 is 1.84 bits per heavy atom. The summed E-state index contributed by atoms with van der Waals surface area (Å²) in [5.74, 6) is 2.04. The predicted octanol–water partition coefficient (Wildman–Crippen LogP) is 4.59. The molecule has 9 nitrogen and oxygen atoms in total. The van der Waals surface area contributed by atoms with E-state index in [1.807, 2.05) is 24.3 Å². The summed E-state index contributed by atoms with van der Waals surface area (Å²) in [5.41, 5.74) is 2.04. The number of thioether (sulfide) groups is 1. The zero-order valence-electron chi connectivity index (χ0n) is 20.3. The van der Waals surface area contributed by atoms with Gasteiger partial charge in [-0.2, -0.15) is 0 Å². The third kappa shape index (κ3) is 5.49. The minimum absolute atomic E-state index is 0.0256. The number of amides is 2. The molecule has 2 amide bonds. The van der Waals surface area contributed by atoms with Gasteiger partial charge in [0.1, 0.15) is 16.7 Å². The number of rotatable bonds is 7. The highest BCUT2D eigenvalue weighted by molar-refractivity contribution is 8.15. The van der Waals surface area contributed by atoms with Gasteiger partial charge in [0.2, 0.25) is 18.6 Å². The van der Waals surface area contributed by atoms with Gasteiger partial charge in [0.05, 0.1) is 32.1 Å². The number of carbonyl (C=O) groups excluding carboxylic acids is 2. The Kier molecular flexibility index (Phi) is 7.18. The van der Waals surface area contributed by atoms with E-state index >= 15 is 0 Å². The molecule has 2 aliphatic rings. The quantitative estimate of drug-likeness (QED) is 0.487. The van der Waals surface area contributed by atoms with Gasteiger partial charge in [-0.25, -0.2) is 4.99 Å². The molecule has 0 unspecified atom stereocenters. The highest BCUT2D eigenvalue weighted by Gasteiger charge is 2.36. The molecule has 0 radical (unpaired) electrons. The second kappa shape index (κ2) is 10.8. The number of hydrogen-bond acceptors (Lipinski definition) is 8. The van der Waals surface area contributed by atoms with Crippen LogP contribution >= 0.6 is 11.8 Å². The summed E-state index contributed by atoms with van der Waals surface area (Å²) in [5, 5.41) is 2.65. The first-order chi connectivity index (χ1) is 18.0. The molecule has 1 fully saturated rings. The average molecular weight is 520 g/mol. The van der Waals surface area contributed by atoms with Crippen molar-refractivity contribution in [2.24, 2.45) is 4.99 Å². The molecule has 0 saturated carbocycles. The third-order valence-electron chi connectivity index (χ3n) is 5.87. The molecule has 2 heterocycles. The van der Waals surface area contributed by atoms with Crippen LogP contribution in [-0.4, -0.2) is 48.1 Å². The summed E-state index contributed by atoms with van der Waals surface area (Å²) in [6.45, 7) is 0.447. The number of methoxy groups -OCH3 is 2.